The molecule has 1 fully saturated rings. The van der Waals surface area contributed by atoms with Gasteiger partial charge in [-0.1, -0.05) is 0 Å². The fourth-order valence-corrected chi connectivity index (χ4v) is 3.48. The number of carbonyl (C=O) groups excluding carboxylic acids is 2. The molecule has 0 aliphatic carbocycles. The molecule has 1 aromatic rings. The van der Waals surface area contributed by atoms with E-state index in [1.165, 1.54) is 6.42 Å². The Labute approximate surface area is 142 Å². The van der Waals surface area contributed by atoms with Gasteiger partial charge in [0, 0.05) is 33.3 Å². The molecule has 24 heavy (non-hydrogen) atoms. The second-order valence-electron chi connectivity index (χ2n) is 6.44. The normalized spacial score (nSPS) is 17.5. The topological polar surface area (TPSA) is 76.5 Å². The van der Waals surface area contributed by atoms with Crippen molar-refractivity contribution < 1.29 is 14.3 Å². The Kier molecular flexibility index (Phi) is 5.50. The average molecular weight is 334 g/mol. The fourth-order valence-electron chi connectivity index (χ4n) is 3.48. The Balaban J connectivity index is 1.84. The molecule has 2 amide bonds. The SMILES string of the molecule is COCCNC(=O)c1nc(C(=O)N2CCCCC2)c2n1CCCC2. The summed E-state index contributed by atoms with van der Waals surface area (Å²) >= 11 is 0. The van der Waals surface area contributed by atoms with Gasteiger partial charge in [0.1, 0.15) is 5.69 Å². The Morgan fingerprint density at radius 1 is 1.12 bits per heavy atom. The number of amides is 2. The van der Waals surface area contributed by atoms with Crippen LogP contribution in [-0.2, 0) is 17.7 Å². The molecule has 0 radical (unpaired) electrons. The Morgan fingerprint density at radius 2 is 1.88 bits per heavy atom. The highest BCUT2D eigenvalue weighted by molar-refractivity contribution is 5.97. The van der Waals surface area contributed by atoms with Crippen LogP contribution in [0.4, 0.5) is 0 Å². The van der Waals surface area contributed by atoms with Gasteiger partial charge in [0.2, 0.25) is 0 Å². The lowest BCUT2D eigenvalue weighted by Gasteiger charge is -2.26. The van der Waals surface area contributed by atoms with Gasteiger partial charge in [-0.25, -0.2) is 4.98 Å². The van der Waals surface area contributed by atoms with E-state index in [4.69, 9.17) is 4.74 Å². The quantitative estimate of drug-likeness (QED) is 0.822. The van der Waals surface area contributed by atoms with Gasteiger partial charge in [-0.15, -0.1) is 0 Å². The van der Waals surface area contributed by atoms with Gasteiger partial charge in [-0.05, 0) is 38.5 Å². The van der Waals surface area contributed by atoms with Crippen LogP contribution in [0.15, 0.2) is 0 Å². The van der Waals surface area contributed by atoms with E-state index in [2.05, 4.69) is 10.3 Å². The molecule has 0 saturated carbocycles. The van der Waals surface area contributed by atoms with E-state index in [-0.39, 0.29) is 11.8 Å². The molecule has 1 saturated heterocycles. The number of ether oxygens (including phenoxy) is 1. The lowest BCUT2D eigenvalue weighted by atomic mass is 10.1. The Morgan fingerprint density at radius 3 is 2.62 bits per heavy atom. The summed E-state index contributed by atoms with van der Waals surface area (Å²) < 4.78 is 6.89. The summed E-state index contributed by atoms with van der Waals surface area (Å²) in [7, 11) is 1.60. The highest BCUT2D eigenvalue weighted by Gasteiger charge is 2.30. The van der Waals surface area contributed by atoms with E-state index in [0.717, 1.165) is 57.4 Å². The van der Waals surface area contributed by atoms with E-state index in [1.54, 1.807) is 7.11 Å². The number of hydrogen-bond donors (Lipinski definition) is 1. The van der Waals surface area contributed by atoms with Crippen molar-refractivity contribution >= 4 is 11.8 Å². The molecule has 2 aliphatic heterocycles. The molecule has 3 rings (SSSR count). The molecule has 0 unspecified atom stereocenters. The van der Waals surface area contributed by atoms with Crippen molar-refractivity contribution in [3.05, 3.63) is 17.2 Å². The first-order chi connectivity index (χ1) is 11.7. The first-order valence-corrected chi connectivity index (χ1v) is 8.88. The van der Waals surface area contributed by atoms with Crippen LogP contribution in [0.1, 0.15) is 58.9 Å². The molecule has 2 aliphatic rings. The van der Waals surface area contributed by atoms with Crippen LogP contribution in [0, 0.1) is 0 Å². The number of likely N-dealkylation sites (tertiary alicyclic amines) is 1. The number of rotatable bonds is 5. The van der Waals surface area contributed by atoms with E-state index < -0.39 is 0 Å². The number of fused-ring (bicyclic) bond motifs is 1. The van der Waals surface area contributed by atoms with Crippen molar-refractivity contribution in [1.29, 1.82) is 0 Å². The summed E-state index contributed by atoms with van der Waals surface area (Å²) in [6, 6.07) is 0. The van der Waals surface area contributed by atoms with E-state index in [9.17, 15) is 9.59 Å². The minimum atomic E-state index is -0.229. The number of hydrogen-bond acceptors (Lipinski definition) is 4. The molecule has 7 nitrogen and oxygen atoms in total. The Bertz CT molecular complexity index is 605. The second kappa shape index (κ2) is 7.79. The standard InChI is InChI=1S/C17H26N4O3/c1-24-12-8-18-16(22)15-19-14(13-7-3-6-11-21(13)15)17(23)20-9-4-2-5-10-20/h2-12H2,1H3,(H,18,22). The number of nitrogens with one attached hydrogen (secondary N) is 1. The van der Waals surface area contributed by atoms with Crippen LogP contribution in [0.2, 0.25) is 0 Å². The predicted octanol–water partition coefficient (Wildman–Crippen LogP) is 1.22. The van der Waals surface area contributed by atoms with E-state index in [1.807, 2.05) is 9.47 Å². The number of nitrogens with zero attached hydrogens (tertiary/aromatic N) is 3. The van der Waals surface area contributed by atoms with Crippen LogP contribution in [-0.4, -0.2) is 59.6 Å². The number of imidazole rings is 1. The first-order valence-electron chi connectivity index (χ1n) is 8.88. The van der Waals surface area contributed by atoms with E-state index in [0.29, 0.717) is 24.7 Å². The zero-order chi connectivity index (χ0) is 16.9. The van der Waals surface area contributed by atoms with Gasteiger partial charge < -0.3 is 19.5 Å². The van der Waals surface area contributed by atoms with Gasteiger partial charge in [-0.3, -0.25) is 9.59 Å². The highest BCUT2D eigenvalue weighted by Crippen LogP contribution is 2.23. The maximum atomic E-state index is 12.9. The first kappa shape index (κ1) is 17.0. The van der Waals surface area contributed by atoms with Crippen molar-refractivity contribution in [2.45, 2.75) is 45.1 Å². The van der Waals surface area contributed by atoms with Crippen molar-refractivity contribution in [2.24, 2.45) is 0 Å². The summed E-state index contributed by atoms with van der Waals surface area (Å²) in [5.74, 6) is 0.116. The van der Waals surface area contributed by atoms with Gasteiger partial charge in [0.05, 0.1) is 12.3 Å². The van der Waals surface area contributed by atoms with Crippen LogP contribution in [0.3, 0.4) is 0 Å². The van der Waals surface area contributed by atoms with Gasteiger partial charge in [0.15, 0.2) is 5.82 Å². The predicted molar refractivity (Wildman–Crippen MR) is 89.1 cm³/mol. The monoisotopic (exact) mass is 334 g/mol. The van der Waals surface area contributed by atoms with Crippen LogP contribution in [0.25, 0.3) is 0 Å². The van der Waals surface area contributed by atoms with Gasteiger partial charge in [-0.2, -0.15) is 0 Å². The molecule has 132 valence electrons. The maximum Gasteiger partial charge on any atom is 0.287 e. The zero-order valence-corrected chi connectivity index (χ0v) is 14.3. The van der Waals surface area contributed by atoms with Crippen molar-refractivity contribution in [1.82, 2.24) is 19.8 Å². The molecule has 1 aromatic heterocycles. The lowest BCUT2D eigenvalue weighted by Crippen LogP contribution is -2.36. The number of aromatic nitrogens is 2. The number of methoxy groups -OCH3 is 1. The van der Waals surface area contributed by atoms with Crippen LogP contribution < -0.4 is 5.32 Å². The lowest BCUT2D eigenvalue weighted by molar-refractivity contribution is 0.0717. The summed E-state index contributed by atoms with van der Waals surface area (Å²) in [5.41, 5.74) is 1.40. The molecule has 0 spiro atoms. The summed E-state index contributed by atoms with van der Waals surface area (Å²) in [6.45, 7) is 3.23. The molecule has 0 aromatic carbocycles. The maximum absolute atomic E-state index is 12.9. The van der Waals surface area contributed by atoms with Gasteiger partial charge in [0.25, 0.3) is 11.8 Å². The third-order valence-electron chi connectivity index (χ3n) is 4.76. The van der Waals surface area contributed by atoms with Crippen molar-refractivity contribution in [2.75, 3.05) is 33.4 Å². The minimum Gasteiger partial charge on any atom is -0.383 e. The zero-order valence-electron chi connectivity index (χ0n) is 14.3. The molecular weight excluding hydrogens is 308 g/mol. The average Bonchev–Trinajstić information content (AvgIpc) is 3.02. The molecule has 7 heteroatoms. The third kappa shape index (κ3) is 3.45. The minimum absolute atomic E-state index is 0.0173. The van der Waals surface area contributed by atoms with Crippen LogP contribution in [0.5, 0.6) is 0 Å². The van der Waals surface area contributed by atoms with E-state index >= 15 is 0 Å². The number of carbonyl (C=O) groups is 2. The van der Waals surface area contributed by atoms with Crippen molar-refractivity contribution in [3.8, 4) is 0 Å². The highest BCUT2D eigenvalue weighted by atomic mass is 16.5. The summed E-state index contributed by atoms with van der Waals surface area (Å²) in [6.07, 6.45) is 6.14. The largest absolute Gasteiger partial charge is 0.383 e. The molecule has 0 bridgehead atoms. The molecule has 0 atom stereocenters. The molecule has 1 N–H and O–H groups in total. The molecular formula is C17H26N4O3. The number of piperidine rings is 1. The van der Waals surface area contributed by atoms with Crippen molar-refractivity contribution in [3.63, 3.8) is 0 Å². The third-order valence-corrected chi connectivity index (χ3v) is 4.76. The smallest absolute Gasteiger partial charge is 0.287 e. The second-order valence-corrected chi connectivity index (χ2v) is 6.44. The molecule has 3 heterocycles. The summed E-state index contributed by atoms with van der Waals surface area (Å²) in [4.78, 5) is 31.6. The van der Waals surface area contributed by atoms with Crippen LogP contribution >= 0.6 is 0 Å². The van der Waals surface area contributed by atoms with Gasteiger partial charge >= 0.3 is 0 Å². The summed E-state index contributed by atoms with van der Waals surface area (Å²) in [5, 5.41) is 2.81. The Hall–Kier alpha value is -1.89. The fraction of sp³-hybridized carbons (Fsp3) is 0.706.